The summed E-state index contributed by atoms with van der Waals surface area (Å²) < 4.78 is 1.66. The van der Waals surface area contributed by atoms with E-state index in [1.54, 1.807) is 22.8 Å². The minimum atomic E-state index is -0.991. The zero-order valence-corrected chi connectivity index (χ0v) is 10.2. The number of nitrogens with zero attached hydrogens (tertiary/aromatic N) is 2. The molecule has 1 N–H and O–H groups in total. The third kappa shape index (κ3) is 2.33. The van der Waals surface area contributed by atoms with Gasteiger partial charge in [-0.2, -0.15) is 0 Å². The van der Waals surface area contributed by atoms with Gasteiger partial charge in [0.25, 0.3) is 5.69 Å². The summed E-state index contributed by atoms with van der Waals surface area (Å²) in [6.45, 7) is 2.36. The van der Waals surface area contributed by atoms with Crippen LogP contribution >= 0.6 is 0 Å². The minimum absolute atomic E-state index is 0.0109. The van der Waals surface area contributed by atoms with Crippen molar-refractivity contribution in [1.82, 2.24) is 4.57 Å². The second-order valence-electron chi connectivity index (χ2n) is 3.96. The maximum absolute atomic E-state index is 11.1. The van der Waals surface area contributed by atoms with Crippen LogP contribution in [0.25, 0.3) is 11.3 Å². The van der Waals surface area contributed by atoms with Crippen molar-refractivity contribution in [2.45, 2.75) is 13.5 Å². The van der Waals surface area contributed by atoms with Gasteiger partial charge in [-0.15, -0.1) is 0 Å². The number of benzene rings is 1. The fraction of sp³-hybridized carbons (Fsp3) is 0.154. The Bertz CT molecular complexity index is 629. The summed E-state index contributed by atoms with van der Waals surface area (Å²) in [6.07, 6.45) is 0. The van der Waals surface area contributed by atoms with E-state index in [1.165, 1.54) is 18.2 Å². The largest absolute Gasteiger partial charge is 0.477 e. The normalized spacial score (nSPS) is 10.4. The average molecular weight is 260 g/mol. The quantitative estimate of drug-likeness (QED) is 0.676. The maximum Gasteiger partial charge on any atom is 0.352 e. The lowest BCUT2D eigenvalue weighted by molar-refractivity contribution is -0.384. The standard InChI is InChI=1S/C13H12N2O4/c1-2-14-11(7-8-12(14)13(16)17)9-3-5-10(6-4-9)15(18)19/h3-8H,2H2,1H3,(H,16,17). The summed E-state index contributed by atoms with van der Waals surface area (Å²) in [7, 11) is 0. The van der Waals surface area contributed by atoms with Gasteiger partial charge in [0, 0.05) is 24.4 Å². The zero-order valence-electron chi connectivity index (χ0n) is 10.2. The topological polar surface area (TPSA) is 85.4 Å². The molecule has 0 unspecified atom stereocenters. The first-order valence-electron chi connectivity index (χ1n) is 5.72. The molecular weight excluding hydrogens is 248 g/mol. The number of nitro groups is 1. The molecule has 0 bridgehead atoms. The van der Waals surface area contributed by atoms with Crippen molar-refractivity contribution in [3.05, 3.63) is 52.2 Å². The molecule has 0 fully saturated rings. The average Bonchev–Trinajstić information content (AvgIpc) is 2.82. The fourth-order valence-corrected chi connectivity index (χ4v) is 2.00. The Morgan fingerprint density at radius 2 is 1.89 bits per heavy atom. The van der Waals surface area contributed by atoms with Gasteiger partial charge < -0.3 is 9.67 Å². The van der Waals surface area contributed by atoms with E-state index in [9.17, 15) is 14.9 Å². The van der Waals surface area contributed by atoms with E-state index in [1.807, 2.05) is 6.92 Å². The predicted molar refractivity (Wildman–Crippen MR) is 69.2 cm³/mol. The first-order valence-corrected chi connectivity index (χ1v) is 5.72. The molecule has 0 atom stereocenters. The molecule has 19 heavy (non-hydrogen) atoms. The monoisotopic (exact) mass is 260 g/mol. The van der Waals surface area contributed by atoms with Crippen molar-refractivity contribution in [3.8, 4) is 11.3 Å². The molecule has 6 nitrogen and oxygen atoms in total. The van der Waals surface area contributed by atoms with Crippen molar-refractivity contribution in [2.75, 3.05) is 0 Å². The first-order chi connectivity index (χ1) is 9.04. The van der Waals surface area contributed by atoms with Gasteiger partial charge in [0.15, 0.2) is 0 Å². The molecule has 0 saturated heterocycles. The molecule has 0 aliphatic heterocycles. The molecule has 0 aliphatic rings. The van der Waals surface area contributed by atoms with E-state index in [2.05, 4.69) is 0 Å². The molecule has 98 valence electrons. The van der Waals surface area contributed by atoms with E-state index < -0.39 is 10.9 Å². The highest BCUT2D eigenvalue weighted by atomic mass is 16.6. The van der Waals surface area contributed by atoms with Crippen LogP contribution in [0.15, 0.2) is 36.4 Å². The number of aromatic nitrogens is 1. The highest BCUT2D eigenvalue weighted by molar-refractivity contribution is 5.87. The molecule has 0 amide bonds. The Labute approximate surface area is 109 Å². The number of non-ortho nitro benzene ring substituents is 1. The van der Waals surface area contributed by atoms with Crippen LogP contribution < -0.4 is 0 Å². The van der Waals surface area contributed by atoms with E-state index in [4.69, 9.17) is 5.11 Å². The first kappa shape index (κ1) is 12.8. The summed E-state index contributed by atoms with van der Waals surface area (Å²) in [4.78, 5) is 21.2. The van der Waals surface area contributed by atoms with Crippen LogP contribution in [-0.2, 0) is 6.54 Å². The maximum atomic E-state index is 11.1. The van der Waals surface area contributed by atoms with Crippen molar-refractivity contribution in [3.63, 3.8) is 0 Å². The lowest BCUT2D eigenvalue weighted by atomic mass is 10.1. The number of carboxylic acids is 1. The third-order valence-corrected chi connectivity index (χ3v) is 2.89. The van der Waals surface area contributed by atoms with Gasteiger partial charge in [-0.25, -0.2) is 4.79 Å². The van der Waals surface area contributed by atoms with Crippen LogP contribution in [0.5, 0.6) is 0 Å². The number of hydrogen-bond donors (Lipinski definition) is 1. The van der Waals surface area contributed by atoms with Gasteiger partial charge in [-0.05, 0) is 36.8 Å². The van der Waals surface area contributed by atoms with Crippen molar-refractivity contribution < 1.29 is 14.8 Å². The van der Waals surface area contributed by atoms with E-state index in [0.29, 0.717) is 6.54 Å². The van der Waals surface area contributed by atoms with Gasteiger partial charge in [-0.1, -0.05) is 0 Å². The van der Waals surface area contributed by atoms with Crippen LogP contribution in [0.3, 0.4) is 0 Å². The predicted octanol–water partition coefficient (Wildman–Crippen LogP) is 2.78. The van der Waals surface area contributed by atoms with Crippen LogP contribution in [0.1, 0.15) is 17.4 Å². The number of rotatable bonds is 4. The van der Waals surface area contributed by atoms with Crippen LogP contribution in [0.2, 0.25) is 0 Å². The molecule has 0 saturated carbocycles. The zero-order chi connectivity index (χ0) is 14.0. The molecule has 1 aromatic heterocycles. The van der Waals surface area contributed by atoms with E-state index >= 15 is 0 Å². The smallest absolute Gasteiger partial charge is 0.352 e. The number of nitro benzene ring substituents is 1. The van der Waals surface area contributed by atoms with E-state index in [-0.39, 0.29) is 11.4 Å². The molecule has 6 heteroatoms. The Kier molecular flexibility index (Phi) is 3.33. The molecule has 1 heterocycles. The Morgan fingerprint density at radius 1 is 1.26 bits per heavy atom. The Hall–Kier alpha value is -2.63. The van der Waals surface area contributed by atoms with Gasteiger partial charge in [0.2, 0.25) is 0 Å². The SMILES string of the molecule is CCn1c(C(=O)O)ccc1-c1ccc([N+](=O)[O-])cc1. The van der Waals surface area contributed by atoms with Gasteiger partial charge in [0.1, 0.15) is 5.69 Å². The number of carboxylic acid groups (broad SMARTS) is 1. The summed E-state index contributed by atoms with van der Waals surface area (Å²) in [5, 5.41) is 19.7. The van der Waals surface area contributed by atoms with Crippen LogP contribution in [0, 0.1) is 10.1 Å². The van der Waals surface area contributed by atoms with Crippen molar-refractivity contribution in [2.24, 2.45) is 0 Å². The molecule has 0 aliphatic carbocycles. The van der Waals surface area contributed by atoms with Gasteiger partial charge >= 0.3 is 5.97 Å². The third-order valence-electron chi connectivity index (χ3n) is 2.89. The van der Waals surface area contributed by atoms with Gasteiger partial charge in [0.05, 0.1) is 4.92 Å². The summed E-state index contributed by atoms with van der Waals surface area (Å²) in [5.74, 6) is -0.991. The summed E-state index contributed by atoms with van der Waals surface area (Å²) in [5.41, 5.74) is 1.70. The molecule has 0 radical (unpaired) electrons. The fourth-order valence-electron chi connectivity index (χ4n) is 2.00. The van der Waals surface area contributed by atoms with Crippen molar-refractivity contribution in [1.29, 1.82) is 0 Å². The lowest BCUT2D eigenvalue weighted by Gasteiger charge is -2.08. The minimum Gasteiger partial charge on any atom is -0.477 e. The lowest BCUT2D eigenvalue weighted by Crippen LogP contribution is -2.08. The number of aromatic carboxylic acids is 1. The second-order valence-corrected chi connectivity index (χ2v) is 3.96. The summed E-state index contributed by atoms with van der Waals surface area (Å²) in [6, 6.07) is 9.28. The molecule has 1 aromatic carbocycles. The summed E-state index contributed by atoms with van der Waals surface area (Å²) >= 11 is 0. The second kappa shape index (κ2) is 4.93. The highest BCUT2D eigenvalue weighted by Crippen LogP contribution is 2.25. The van der Waals surface area contributed by atoms with Crippen LogP contribution in [0.4, 0.5) is 5.69 Å². The number of carbonyl (C=O) groups is 1. The highest BCUT2D eigenvalue weighted by Gasteiger charge is 2.14. The van der Waals surface area contributed by atoms with Crippen molar-refractivity contribution >= 4 is 11.7 Å². The Balaban J connectivity index is 2.47. The Morgan fingerprint density at radius 3 is 2.37 bits per heavy atom. The molecule has 2 aromatic rings. The molecule has 2 rings (SSSR count). The van der Waals surface area contributed by atoms with E-state index in [0.717, 1.165) is 11.3 Å². The molecule has 0 spiro atoms. The molecular formula is C13H12N2O4. The number of hydrogen-bond acceptors (Lipinski definition) is 3. The van der Waals surface area contributed by atoms with Gasteiger partial charge in [-0.3, -0.25) is 10.1 Å². The van der Waals surface area contributed by atoms with Crippen LogP contribution in [-0.4, -0.2) is 20.6 Å².